The highest BCUT2D eigenvalue weighted by Crippen LogP contribution is 2.23. The third-order valence-corrected chi connectivity index (χ3v) is 3.95. The molecule has 0 saturated carbocycles. The Kier molecular flexibility index (Phi) is 5.45. The summed E-state index contributed by atoms with van der Waals surface area (Å²) in [5, 5.41) is 10.3. The molecule has 0 aliphatic carbocycles. The van der Waals surface area contributed by atoms with Crippen LogP contribution in [0.4, 0.5) is 0 Å². The van der Waals surface area contributed by atoms with Crippen LogP contribution in [0.15, 0.2) is 18.2 Å². The standard InChI is InChI=1S/C15H22ClN3O2/c1-17(2)5-6-18-7-9-19(10-8-18)15(21)13-11-12(16)3-4-14(13)20/h3-4,11,20H,5-10H2,1-2H3. The number of hydrogen-bond donors (Lipinski definition) is 1. The first-order valence-corrected chi connectivity index (χ1v) is 7.50. The molecule has 5 nitrogen and oxygen atoms in total. The quantitative estimate of drug-likeness (QED) is 0.912. The molecule has 0 atom stereocenters. The number of rotatable bonds is 4. The zero-order valence-electron chi connectivity index (χ0n) is 12.5. The first kappa shape index (κ1) is 16.1. The molecule has 0 radical (unpaired) electrons. The molecule has 1 N–H and O–H groups in total. The average molecular weight is 312 g/mol. The first-order valence-electron chi connectivity index (χ1n) is 7.12. The van der Waals surface area contributed by atoms with E-state index in [1.807, 2.05) is 0 Å². The van der Waals surface area contributed by atoms with Gasteiger partial charge in [0.05, 0.1) is 5.56 Å². The van der Waals surface area contributed by atoms with Gasteiger partial charge in [-0.2, -0.15) is 0 Å². The fraction of sp³-hybridized carbons (Fsp3) is 0.533. The molecule has 2 rings (SSSR count). The van der Waals surface area contributed by atoms with E-state index in [0.717, 1.165) is 26.2 Å². The van der Waals surface area contributed by atoms with Crippen molar-refractivity contribution < 1.29 is 9.90 Å². The molecular weight excluding hydrogens is 290 g/mol. The Bertz CT molecular complexity index is 500. The molecule has 116 valence electrons. The van der Waals surface area contributed by atoms with Crippen molar-refractivity contribution in [3.8, 4) is 5.75 Å². The van der Waals surface area contributed by atoms with Gasteiger partial charge in [0.15, 0.2) is 0 Å². The van der Waals surface area contributed by atoms with Gasteiger partial charge in [0, 0.05) is 44.3 Å². The normalized spacial score (nSPS) is 16.5. The Morgan fingerprint density at radius 1 is 1.29 bits per heavy atom. The van der Waals surface area contributed by atoms with E-state index >= 15 is 0 Å². The summed E-state index contributed by atoms with van der Waals surface area (Å²) in [5.74, 6) is -0.165. The van der Waals surface area contributed by atoms with Gasteiger partial charge in [-0.05, 0) is 32.3 Å². The first-order chi connectivity index (χ1) is 9.97. The number of piperazine rings is 1. The van der Waals surface area contributed by atoms with Gasteiger partial charge in [0.25, 0.3) is 5.91 Å². The van der Waals surface area contributed by atoms with Crippen LogP contribution in [-0.4, -0.2) is 79.1 Å². The third-order valence-electron chi connectivity index (χ3n) is 3.71. The summed E-state index contributed by atoms with van der Waals surface area (Å²) in [6.45, 7) is 5.11. The molecule has 0 spiro atoms. The second-order valence-corrected chi connectivity index (χ2v) is 6.04. The Labute approximate surface area is 130 Å². The maximum atomic E-state index is 12.4. The molecule has 0 aromatic heterocycles. The highest BCUT2D eigenvalue weighted by Gasteiger charge is 2.23. The maximum absolute atomic E-state index is 12.4. The molecule has 0 unspecified atom stereocenters. The summed E-state index contributed by atoms with van der Waals surface area (Å²) in [6.07, 6.45) is 0. The second-order valence-electron chi connectivity index (χ2n) is 5.60. The van der Waals surface area contributed by atoms with Crippen LogP contribution < -0.4 is 0 Å². The summed E-state index contributed by atoms with van der Waals surface area (Å²) in [5.41, 5.74) is 0.282. The van der Waals surface area contributed by atoms with Crippen LogP contribution in [0.2, 0.25) is 5.02 Å². The number of phenolic OH excluding ortho intramolecular Hbond substituents is 1. The van der Waals surface area contributed by atoms with Gasteiger partial charge in [-0.3, -0.25) is 9.69 Å². The number of benzene rings is 1. The number of phenols is 1. The SMILES string of the molecule is CN(C)CCN1CCN(C(=O)c2cc(Cl)ccc2O)CC1. The van der Waals surface area contributed by atoms with Crippen molar-refractivity contribution in [2.45, 2.75) is 0 Å². The van der Waals surface area contributed by atoms with Crippen molar-refractivity contribution in [1.29, 1.82) is 0 Å². The molecule has 21 heavy (non-hydrogen) atoms. The second kappa shape index (κ2) is 7.11. The topological polar surface area (TPSA) is 47.0 Å². The van der Waals surface area contributed by atoms with Crippen molar-refractivity contribution >= 4 is 17.5 Å². The average Bonchev–Trinajstić information content (AvgIpc) is 2.47. The van der Waals surface area contributed by atoms with E-state index in [1.165, 1.54) is 12.1 Å². The third kappa shape index (κ3) is 4.33. The lowest BCUT2D eigenvalue weighted by molar-refractivity contribution is 0.0627. The van der Waals surface area contributed by atoms with Crippen LogP contribution in [0.1, 0.15) is 10.4 Å². The van der Waals surface area contributed by atoms with Crippen molar-refractivity contribution in [2.75, 3.05) is 53.4 Å². The van der Waals surface area contributed by atoms with Gasteiger partial charge in [0.1, 0.15) is 5.75 Å². The predicted molar refractivity (Wildman–Crippen MR) is 84.0 cm³/mol. The number of hydrogen-bond acceptors (Lipinski definition) is 4. The zero-order chi connectivity index (χ0) is 15.4. The minimum absolute atomic E-state index is 0.0144. The number of halogens is 1. The van der Waals surface area contributed by atoms with Gasteiger partial charge < -0.3 is 14.9 Å². The number of amides is 1. The van der Waals surface area contributed by atoms with Gasteiger partial charge in [-0.25, -0.2) is 0 Å². The van der Waals surface area contributed by atoms with Crippen LogP contribution in [0, 0.1) is 0 Å². The number of carbonyl (C=O) groups is 1. The van der Waals surface area contributed by atoms with E-state index < -0.39 is 0 Å². The summed E-state index contributed by atoms with van der Waals surface area (Å²) < 4.78 is 0. The Hall–Kier alpha value is -1.30. The number of carbonyl (C=O) groups excluding carboxylic acids is 1. The molecule has 1 aliphatic heterocycles. The monoisotopic (exact) mass is 311 g/mol. The summed E-state index contributed by atoms with van der Waals surface area (Å²) >= 11 is 5.90. The van der Waals surface area contributed by atoms with Crippen LogP contribution in [-0.2, 0) is 0 Å². The molecule has 1 heterocycles. The molecule has 1 aromatic rings. The van der Waals surface area contributed by atoms with Crippen molar-refractivity contribution in [3.05, 3.63) is 28.8 Å². The van der Waals surface area contributed by atoms with E-state index in [2.05, 4.69) is 23.9 Å². The molecular formula is C15H22ClN3O2. The Balaban J connectivity index is 1.92. The minimum Gasteiger partial charge on any atom is -0.507 e. The van der Waals surface area contributed by atoms with Crippen LogP contribution in [0.3, 0.4) is 0 Å². The Morgan fingerprint density at radius 2 is 1.95 bits per heavy atom. The van der Waals surface area contributed by atoms with Gasteiger partial charge in [-0.1, -0.05) is 11.6 Å². The molecule has 1 saturated heterocycles. The zero-order valence-corrected chi connectivity index (χ0v) is 13.3. The van der Waals surface area contributed by atoms with Gasteiger partial charge >= 0.3 is 0 Å². The fourth-order valence-electron chi connectivity index (χ4n) is 2.37. The highest BCUT2D eigenvalue weighted by atomic mass is 35.5. The summed E-state index contributed by atoms with van der Waals surface area (Å²) in [6, 6.07) is 4.56. The van der Waals surface area contributed by atoms with Crippen molar-refractivity contribution in [3.63, 3.8) is 0 Å². The molecule has 1 aromatic carbocycles. The molecule has 6 heteroatoms. The molecule has 1 fully saturated rings. The fourth-order valence-corrected chi connectivity index (χ4v) is 2.54. The number of aromatic hydroxyl groups is 1. The molecule has 1 aliphatic rings. The number of likely N-dealkylation sites (N-methyl/N-ethyl adjacent to an activating group) is 1. The van der Waals surface area contributed by atoms with Gasteiger partial charge in [0.2, 0.25) is 0 Å². The van der Waals surface area contributed by atoms with E-state index in [0.29, 0.717) is 18.1 Å². The largest absolute Gasteiger partial charge is 0.507 e. The molecule has 1 amide bonds. The van der Waals surface area contributed by atoms with Crippen LogP contribution >= 0.6 is 11.6 Å². The number of nitrogens with zero attached hydrogens (tertiary/aromatic N) is 3. The highest BCUT2D eigenvalue weighted by molar-refractivity contribution is 6.31. The lowest BCUT2D eigenvalue weighted by Crippen LogP contribution is -2.50. The summed E-state index contributed by atoms with van der Waals surface area (Å²) in [4.78, 5) is 18.7. The summed E-state index contributed by atoms with van der Waals surface area (Å²) in [7, 11) is 4.11. The maximum Gasteiger partial charge on any atom is 0.257 e. The van der Waals surface area contributed by atoms with Gasteiger partial charge in [-0.15, -0.1) is 0 Å². The van der Waals surface area contributed by atoms with E-state index in [9.17, 15) is 9.90 Å². The lowest BCUT2D eigenvalue weighted by Gasteiger charge is -2.35. The van der Waals surface area contributed by atoms with Crippen LogP contribution in [0.5, 0.6) is 5.75 Å². The smallest absolute Gasteiger partial charge is 0.257 e. The Morgan fingerprint density at radius 3 is 2.57 bits per heavy atom. The van der Waals surface area contributed by atoms with E-state index in [4.69, 9.17) is 11.6 Å². The van der Waals surface area contributed by atoms with Crippen molar-refractivity contribution in [1.82, 2.24) is 14.7 Å². The van der Waals surface area contributed by atoms with Crippen molar-refractivity contribution in [2.24, 2.45) is 0 Å². The molecule has 0 bridgehead atoms. The minimum atomic E-state index is -0.151. The van der Waals surface area contributed by atoms with Crippen LogP contribution in [0.25, 0.3) is 0 Å². The predicted octanol–water partition coefficient (Wildman–Crippen LogP) is 1.36. The van der Waals surface area contributed by atoms with E-state index in [1.54, 1.807) is 11.0 Å². The lowest BCUT2D eigenvalue weighted by atomic mass is 10.1. The van der Waals surface area contributed by atoms with E-state index in [-0.39, 0.29) is 17.2 Å².